The fraction of sp³-hybridized carbons (Fsp3) is 0.417. The Morgan fingerprint density at radius 3 is 1.52 bits per heavy atom. The number of rotatable bonds is 8. The van der Waals surface area contributed by atoms with Crippen molar-refractivity contribution in [3.8, 4) is 28.7 Å². The Hall–Kier alpha value is -2.80. The molecular weight excluding hydrogens is 410 g/mol. The lowest BCUT2D eigenvalue weighted by molar-refractivity contribution is 0.324. The van der Waals surface area contributed by atoms with Crippen molar-refractivity contribution < 1.29 is 23.4 Å². The van der Waals surface area contributed by atoms with Crippen molar-refractivity contribution >= 4 is 26.2 Å². The standard InChI is InChI=1S/C24H35NO5Si/c1-24(2,3)31(8,9)30-22-18(25)12-16(13-19(22)26-4)10-11-17-14-20(27-5)23(29-7)21(15-17)28-6/h10-15H,25H2,1-9H3/b11-10-. The summed E-state index contributed by atoms with van der Waals surface area (Å²) in [7, 11) is 4.33. The first-order chi connectivity index (χ1) is 14.5. The normalized spacial score (nSPS) is 12.0. The molecule has 0 aromatic heterocycles. The van der Waals surface area contributed by atoms with Gasteiger partial charge in [-0.3, -0.25) is 0 Å². The van der Waals surface area contributed by atoms with Crippen LogP contribution in [0.15, 0.2) is 24.3 Å². The van der Waals surface area contributed by atoms with Gasteiger partial charge in [0.25, 0.3) is 8.32 Å². The molecule has 7 heteroatoms. The highest BCUT2D eigenvalue weighted by Gasteiger charge is 2.40. The Balaban J connectivity index is 2.41. The minimum Gasteiger partial charge on any atom is -0.540 e. The summed E-state index contributed by atoms with van der Waals surface area (Å²) >= 11 is 0. The van der Waals surface area contributed by atoms with Crippen LogP contribution < -0.4 is 29.1 Å². The average molecular weight is 446 g/mol. The molecule has 0 amide bonds. The lowest BCUT2D eigenvalue weighted by Gasteiger charge is -2.37. The molecule has 6 nitrogen and oxygen atoms in total. The van der Waals surface area contributed by atoms with E-state index in [1.807, 2.05) is 36.4 Å². The summed E-state index contributed by atoms with van der Waals surface area (Å²) in [6, 6.07) is 7.58. The molecule has 0 spiro atoms. The van der Waals surface area contributed by atoms with Crippen molar-refractivity contribution in [1.29, 1.82) is 0 Å². The van der Waals surface area contributed by atoms with E-state index in [1.165, 1.54) is 0 Å². The van der Waals surface area contributed by atoms with Gasteiger partial charge in [-0.2, -0.15) is 0 Å². The molecule has 0 heterocycles. The molecule has 2 rings (SSSR count). The number of hydrogen-bond donors (Lipinski definition) is 1. The predicted molar refractivity (Wildman–Crippen MR) is 130 cm³/mol. The molecule has 0 unspecified atom stereocenters. The average Bonchev–Trinajstić information content (AvgIpc) is 2.71. The summed E-state index contributed by atoms with van der Waals surface area (Å²) in [5, 5.41) is 0.0511. The second-order valence-electron chi connectivity index (χ2n) is 8.80. The first-order valence-electron chi connectivity index (χ1n) is 10.1. The van der Waals surface area contributed by atoms with E-state index in [2.05, 4.69) is 33.9 Å². The molecule has 0 aliphatic heterocycles. The zero-order valence-electron chi connectivity index (χ0n) is 20.1. The van der Waals surface area contributed by atoms with Crippen molar-refractivity contribution in [2.24, 2.45) is 0 Å². The van der Waals surface area contributed by atoms with Crippen LogP contribution in [0.3, 0.4) is 0 Å². The van der Waals surface area contributed by atoms with Crippen molar-refractivity contribution in [3.05, 3.63) is 35.4 Å². The number of nitrogens with two attached hydrogens (primary N) is 1. The molecule has 0 saturated heterocycles. The fourth-order valence-electron chi connectivity index (χ4n) is 2.80. The van der Waals surface area contributed by atoms with Crippen LogP contribution in [0.25, 0.3) is 12.2 Å². The Labute approximate surface area is 187 Å². The SMILES string of the molecule is COc1cc(/C=C\c2cc(OC)c(OC)c(OC)c2)cc(N)c1O[Si](C)(C)C(C)(C)C. The van der Waals surface area contributed by atoms with Crippen molar-refractivity contribution in [2.45, 2.75) is 38.9 Å². The summed E-state index contributed by atoms with van der Waals surface area (Å²) in [4.78, 5) is 0. The summed E-state index contributed by atoms with van der Waals surface area (Å²) in [6.07, 6.45) is 3.91. The molecule has 0 atom stereocenters. The van der Waals surface area contributed by atoms with Crippen molar-refractivity contribution in [2.75, 3.05) is 34.2 Å². The Bertz CT molecular complexity index is 923. The van der Waals surface area contributed by atoms with Crippen LogP contribution in [0.5, 0.6) is 28.7 Å². The molecule has 0 fully saturated rings. The van der Waals surface area contributed by atoms with Gasteiger partial charge in [-0.05, 0) is 53.5 Å². The van der Waals surface area contributed by atoms with Gasteiger partial charge in [0.05, 0.1) is 34.1 Å². The first kappa shape index (κ1) is 24.5. The third-order valence-electron chi connectivity index (χ3n) is 5.64. The number of ether oxygens (including phenoxy) is 4. The summed E-state index contributed by atoms with van der Waals surface area (Å²) < 4.78 is 28.3. The summed E-state index contributed by atoms with van der Waals surface area (Å²) in [5.41, 5.74) is 8.71. The van der Waals surface area contributed by atoms with Crippen LogP contribution in [-0.4, -0.2) is 36.8 Å². The molecule has 31 heavy (non-hydrogen) atoms. The Morgan fingerprint density at radius 1 is 0.710 bits per heavy atom. The van der Waals surface area contributed by atoms with Crippen LogP contribution in [-0.2, 0) is 0 Å². The minimum absolute atomic E-state index is 0.0511. The van der Waals surface area contributed by atoms with Gasteiger partial charge in [-0.15, -0.1) is 0 Å². The van der Waals surface area contributed by atoms with Gasteiger partial charge in [-0.1, -0.05) is 32.9 Å². The van der Waals surface area contributed by atoms with Crippen LogP contribution >= 0.6 is 0 Å². The van der Waals surface area contributed by atoms with Gasteiger partial charge < -0.3 is 29.1 Å². The molecule has 0 aliphatic rings. The number of nitrogen functional groups attached to an aromatic ring is 1. The van der Waals surface area contributed by atoms with E-state index < -0.39 is 8.32 Å². The minimum atomic E-state index is -2.06. The van der Waals surface area contributed by atoms with Crippen LogP contribution in [0.1, 0.15) is 31.9 Å². The fourth-order valence-corrected chi connectivity index (χ4v) is 3.84. The number of hydrogen-bond acceptors (Lipinski definition) is 6. The van der Waals surface area contributed by atoms with E-state index in [1.54, 1.807) is 28.4 Å². The molecular formula is C24H35NO5Si. The molecule has 0 bridgehead atoms. The number of anilines is 1. The summed E-state index contributed by atoms with van der Waals surface area (Å²) in [6.45, 7) is 10.9. The molecule has 0 radical (unpaired) electrons. The smallest absolute Gasteiger partial charge is 0.250 e. The van der Waals surface area contributed by atoms with Gasteiger partial charge in [0.1, 0.15) is 0 Å². The monoisotopic (exact) mass is 445 g/mol. The van der Waals surface area contributed by atoms with E-state index in [4.69, 9.17) is 29.1 Å². The lowest BCUT2D eigenvalue weighted by Crippen LogP contribution is -2.44. The van der Waals surface area contributed by atoms with Gasteiger partial charge in [0, 0.05) is 0 Å². The van der Waals surface area contributed by atoms with Crippen LogP contribution in [0, 0.1) is 0 Å². The highest BCUT2D eigenvalue weighted by atomic mass is 28.4. The molecule has 0 aliphatic carbocycles. The second-order valence-corrected chi connectivity index (χ2v) is 13.5. The van der Waals surface area contributed by atoms with Crippen LogP contribution in [0.4, 0.5) is 5.69 Å². The van der Waals surface area contributed by atoms with Gasteiger partial charge in [0.2, 0.25) is 5.75 Å². The molecule has 0 saturated carbocycles. The van der Waals surface area contributed by atoms with E-state index in [0.29, 0.717) is 34.4 Å². The largest absolute Gasteiger partial charge is 0.540 e. The molecule has 2 aromatic carbocycles. The van der Waals surface area contributed by atoms with Gasteiger partial charge >= 0.3 is 0 Å². The quantitative estimate of drug-likeness (QED) is 0.312. The van der Waals surface area contributed by atoms with Gasteiger partial charge in [-0.25, -0.2) is 0 Å². The van der Waals surface area contributed by atoms with E-state index >= 15 is 0 Å². The summed E-state index contributed by atoms with van der Waals surface area (Å²) in [5.74, 6) is 2.97. The second kappa shape index (κ2) is 9.56. The van der Waals surface area contributed by atoms with E-state index in [9.17, 15) is 0 Å². The highest BCUT2D eigenvalue weighted by Crippen LogP contribution is 2.43. The van der Waals surface area contributed by atoms with E-state index in [-0.39, 0.29) is 5.04 Å². The number of benzene rings is 2. The van der Waals surface area contributed by atoms with E-state index in [0.717, 1.165) is 11.1 Å². The maximum absolute atomic E-state index is 6.44. The Kier molecular flexibility index (Phi) is 7.54. The highest BCUT2D eigenvalue weighted by molar-refractivity contribution is 6.74. The molecule has 170 valence electrons. The maximum atomic E-state index is 6.44. The maximum Gasteiger partial charge on any atom is 0.250 e. The lowest BCUT2D eigenvalue weighted by atomic mass is 10.1. The first-order valence-corrected chi connectivity index (χ1v) is 13.0. The van der Waals surface area contributed by atoms with Crippen molar-refractivity contribution in [1.82, 2.24) is 0 Å². The van der Waals surface area contributed by atoms with Gasteiger partial charge in [0.15, 0.2) is 23.0 Å². The van der Waals surface area contributed by atoms with Crippen LogP contribution in [0.2, 0.25) is 18.1 Å². The Morgan fingerprint density at radius 2 is 1.13 bits per heavy atom. The zero-order valence-corrected chi connectivity index (χ0v) is 21.1. The molecule has 2 N–H and O–H groups in total. The third kappa shape index (κ3) is 5.47. The number of methoxy groups -OCH3 is 4. The zero-order chi connectivity index (χ0) is 23.4. The third-order valence-corrected chi connectivity index (χ3v) is 9.97. The predicted octanol–water partition coefficient (Wildman–Crippen LogP) is 5.86. The topological polar surface area (TPSA) is 72.2 Å². The molecule has 2 aromatic rings. The van der Waals surface area contributed by atoms with Crippen molar-refractivity contribution in [3.63, 3.8) is 0 Å².